The molecule has 0 radical (unpaired) electrons. The van der Waals surface area contributed by atoms with Crippen molar-refractivity contribution in [3.8, 4) is 0 Å². The molecule has 3 N–H and O–H groups in total. The molecule has 1 heterocycles. The van der Waals surface area contributed by atoms with Crippen molar-refractivity contribution >= 4 is 11.5 Å². The topological polar surface area (TPSA) is 63.8 Å². The van der Waals surface area contributed by atoms with Gasteiger partial charge in [-0.25, -0.2) is 0 Å². The van der Waals surface area contributed by atoms with Gasteiger partial charge in [0.1, 0.15) is 0 Å². The van der Waals surface area contributed by atoms with E-state index in [0.717, 1.165) is 22.6 Å². The molecule has 1 atom stereocenters. The zero-order valence-corrected chi connectivity index (χ0v) is 11.2. The van der Waals surface area contributed by atoms with E-state index in [1.807, 2.05) is 6.92 Å². The van der Waals surface area contributed by atoms with Gasteiger partial charge < -0.3 is 0 Å². The molecule has 0 spiro atoms. The number of nitrogens with one attached hydrogen (secondary N) is 1. The Balaban J connectivity index is 3.02. The van der Waals surface area contributed by atoms with E-state index in [1.165, 1.54) is 11.5 Å². The van der Waals surface area contributed by atoms with Gasteiger partial charge in [-0.1, -0.05) is 30.8 Å². The highest BCUT2D eigenvalue weighted by Gasteiger charge is 2.26. The summed E-state index contributed by atoms with van der Waals surface area (Å²) in [4.78, 5) is 1.11. The first kappa shape index (κ1) is 13.3. The molecule has 1 rings (SSSR count). The predicted molar refractivity (Wildman–Crippen MR) is 68.1 cm³/mol. The Morgan fingerprint density at radius 3 is 2.62 bits per heavy atom. The molecule has 0 aromatic carbocycles. The molecule has 4 nitrogen and oxygen atoms in total. The molecular formula is C11H20N4S. The number of rotatable bonds is 4. The number of hydrazine groups is 1. The van der Waals surface area contributed by atoms with Crippen LogP contribution in [0.2, 0.25) is 0 Å². The normalized spacial score (nSPS) is 13.8. The van der Waals surface area contributed by atoms with Crippen molar-refractivity contribution in [3.05, 3.63) is 22.7 Å². The van der Waals surface area contributed by atoms with Gasteiger partial charge in [-0.3, -0.25) is 11.3 Å². The van der Waals surface area contributed by atoms with Crippen LogP contribution in [-0.2, 0) is 5.41 Å². The third kappa shape index (κ3) is 3.10. The maximum atomic E-state index is 5.58. The minimum absolute atomic E-state index is 0.00743. The Morgan fingerprint density at radius 2 is 2.19 bits per heavy atom. The van der Waals surface area contributed by atoms with Gasteiger partial charge in [0.25, 0.3) is 0 Å². The maximum absolute atomic E-state index is 5.58. The molecule has 90 valence electrons. The SMILES string of the molecule is C=C(C)CC(NN)c1snnc1C(C)(C)C. The van der Waals surface area contributed by atoms with Crippen LogP contribution in [0.4, 0.5) is 0 Å². The van der Waals surface area contributed by atoms with E-state index in [0.29, 0.717) is 0 Å². The first-order valence-corrected chi connectivity index (χ1v) is 6.07. The molecule has 0 amide bonds. The van der Waals surface area contributed by atoms with Crippen molar-refractivity contribution in [1.82, 2.24) is 15.0 Å². The lowest BCUT2D eigenvalue weighted by molar-refractivity contribution is 0.514. The summed E-state index contributed by atoms with van der Waals surface area (Å²) in [7, 11) is 0. The summed E-state index contributed by atoms with van der Waals surface area (Å²) in [5, 5.41) is 4.21. The van der Waals surface area contributed by atoms with Gasteiger partial charge in [-0.15, -0.1) is 11.7 Å². The zero-order valence-electron chi connectivity index (χ0n) is 10.4. The van der Waals surface area contributed by atoms with Crippen molar-refractivity contribution in [3.63, 3.8) is 0 Å². The van der Waals surface area contributed by atoms with Gasteiger partial charge in [0, 0.05) is 5.41 Å². The van der Waals surface area contributed by atoms with Crippen LogP contribution in [0.5, 0.6) is 0 Å². The fraction of sp³-hybridized carbons (Fsp3) is 0.636. The van der Waals surface area contributed by atoms with Gasteiger partial charge in [0.2, 0.25) is 0 Å². The summed E-state index contributed by atoms with van der Waals surface area (Å²) in [6.07, 6.45) is 0.809. The molecule has 0 aliphatic rings. The van der Waals surface area contributed by atoms with Gasteiger partial charge in [-0.05, 0) is 24.9 Å². The van der Waals surface area contributed by atoms with E-state index >= 15 is 0 Å². The molecule has 1 aromatic rings. The Kier molecular flexibility index (Phi) is 4.18. The highest BCUT2D eigenvalue weighted by Crippen LogP contribution is 2.32. The molecule has 1 aromatic heterocycles. The Labute approximate surface area is 101 Å². The van der Waals surface area contributed by atoms with Crippen LogP contribution in [0.1, 0.15) is 50.7 Å². The molecule has 0 saturated heterocycles. The predicted octanol–water partition coefficient (Wildman–Crippen LogP) is 2.31. The third-order valence-electron chi connectivity index (χ3n) is 2.29. The number of nitrogens with zero attached hydrogens (tertiary/aromatic N) is 2. The lowest BCUT2D eigenvalue weighted by atomic mass is 9.89. The number of hydrogen-bond acceptors (Lipinski definition) is 5. The molecule has 16 heavy (non-hydrogen) atoms. The van der Waals surface area contributed by atoms with Crippen molar-refractivity contribution in [2.45, 2.75) is 45.6 Å². The Bertz CT molecular complexity index is 364. The summed E-state index contributed by atoms with van der Waals surface area (Å²) < 4.78 is 4.03. The summed E-state index contributed by atoms with van der Waals surface area (Å²) in [5.74, 6) is 5.58. The standard InChI is InChI=1S/C11H20N4S/c1-7(2)6-8(13-12)9-10(11(3,4)5)14-15-16-9/h8,13H,1,6,12H2,2-5H3. The molecule has 0 saturated carbocycles. The molecular weight excluding hydrogens is 220 g/mol. The van der Waals surface area contributed by atoms with Crippen molar-refractivity contribution in [2.75, 3.05) is 0 Å². The van der Waals surface area contributed by atoms with Crippen LogP contribution in [0.15, 0.2) is 12.2 Å². The summed E-state index contributed by atoms with van der Waals surface area (Å²) in [5.41, 5.74) is 4.92. The molecule has 0 bridgehead atoms. The first-order chi connectivity index (χ1) is 7.36. The second-order valence-corrected chi connectivity index (χ2v) is 5.90. The summed E-state index contributed by atoms with van der Waals surface area (Å²) >= 11 is 1.41. The fourth-order valence-corrected chi connectivity index (χ4v) is 2.44. The number of nitrogens with two attached hydrogens (primary N) is 1. The van der Waals surface area contributed by atoms with Crippen molar-refractivity contribution < 1.29 is 0 Å². The van der Waals surface area contributed by atoms with E-state index < -0.39 is 0 Å². The minimum atomic E-state index is -0.00743. The van der Waals surface area contributed by atoms with Crippen molar-refractivity contribution in [1.29, 1.82) is 0 Å². The smallest absolute Gasteiger partial charge is 0.0857 e. The van der Waals surface area contributed by atoms with E-state index in [2.05, 4.69) is 42.4 Å². The Morgan fingerprint density at radius 1 is 1.56 bits per heavy atom. The third-order valence-corrected chi connectivity index (χ3v) is 3.13. The zero-order chi connectivity index (χ0) is 12.3. The van der Waals surface area contributed by atoms with Gasteiger partial charge in [0.15, 0.2) is 0 Å². The first-order valence-electron chi connectivity index (χ1n) is 5.29. The maximum Gasteiger partial charge on any atom is 0.0857 e. The van der Waals surface area contributed by atoms with Gasteiger partial charge in [-0.2, -0.15) is 0 Å². The monoisotopic (exact) mass is 240 g/mol. The Hall–Kier alpha value is -0.780. The summed E-state index contributed by atoms with van der Waals surface area (Å²) in [6.45, 7) is 12.3. The second kappa shape index (κ2) is 5.03. The van der Waals surface area contributed by atoms with Crippen LogP contribution in [0, 0.1) is 0 Å². The number of aromatic nitrogens is 2. The average Bonchev–Trinajstić information content (AvgIpc) is 2.61. The van der Waals surface area contributed by atoms with Crippen LogP contribution < -0.4 is 11.3 Å². The van der Waals surface area contributed by atoms with E-state index in [1.54, 1.807) is 0 Å². The van der Waals surface area contributed by atoms with Crippen LogP contribution in [0.25, 0.3) is 0 Å². The quantitative estimate of drug-likeness (QED) is 0.481. The lowest BCUT2D eigenvalue weighted by Gasteiger charge is -2.21. The average molecular weight is 240 g/mol. The number of hydrogen-bond donors (Lipinski definition) is 2. The van der Waals surface area contributed by atoms with Gasteiger partial charge in [0.05, 0.1) is 16.6 Å². The van der Waals surface area contributed by atoms with Gasteiger partial charge >= 0.3 is 0 Å². The molecule has 1 unspecified atom stereocenters. The van der Waals surface area contributed by atoms with E-state index in [9.17, 15) is 0 Å². The van der Waals surface area contributed by atoms with E-state index in [-0.39, 0.29) is 11.5 Å². The largest absolute Gasteiger partial charge is 0.271 e. The fourth-order valence-electron chi connectivity index (χ4n) is 1.52. The lowest BCUT2D eigenvalue weighted by Crippen LogP contribution is -2.29. The molecule has 0 aliphatic carbocycles. The minimum Gasteiger partial charge on any atom is -0.271 e. The van der Waals surface area contributed by atoms with Crippen LogP contribution in [0.3, 0.4) is 0 Å². The molecule has 5 heteroatoms. The van der Waals surface area contributed by atoms with Crippen LogP contribution >= 0.6 is 11.5 Å². The second-order valence-electron chi connectivity index (χ2n) is 5.12. The molecule has 0 aliphatic heterocycles. The summed E-state index contributed by atoms with van der Waals surface area (Å²) in [6, 6.07) is 0.0618. The highest BCUT2D eigenvalue weighted by molar-refractivity contribution is 7.05. The van der Waals surface area contributed by atoms with Crippen molar-refractivity contribution in [2.24, 2.45) is 5.84 Å². The highest BCUT2D eigenvalue weighted by atomic mass is 32.1. The van der Waals surface area contributed by atoms with Crippen LogP contribution in [-0.4, -0.2) is 9.59 Å². The van der Waals surface area contributed by atoms with E-state index in [4.69, 9.17) is 5.84 Å². The molecule has 0 fully saturated rings.